The van der Waals surface area contributed by atoms with Crippen molar-refractivity contribution in [2.75, 3.05) is 5.75 Å². The highest BCUT2D eigenvalue weighted by atomic mass is 32.2. The molecular weight excluding hydrogens is 490 g/mol. The lowest BCUT2D eigenvalue weighted by Crippen LogP contribution is -2.64. The Morgan fingerprint density at radius 1 is 1.09 bits per heavy atom. The van der Waals surface area contributed by atoms with E-state index in [1.165, 1.54) is 6.92 Å². The van der Waals surface area contributed by atoms with Gasteiger partial charge in [-0.25, -0.2) is 4.79 Å². The van der Waals surface area contributed by atoms with Crippen LogP contribution in [0.5, 0.6) is 0 Å². The first-order chi connectivity index (χ1) is 14.8. The summed E-state index contributed by atoms with van der Waals surface area (Å²) in [6, 6.07) is 0. The van der Waals surface area contributed by atoms with Gasteiger partial charge < -0.3 is 9.47 Å². The lowest BCUT2D eigenvalue weighted by atomic mass is 9.78. The molecule has 3 saturated carbocycles. The van der Waals surface area contributed by atoms with Crippen molar-refractivity contribution in [3.8, 4) is 0 Å². The van der Waals surface area contributed by atoms with Crippen molar-refractivity contribution >= 4 is 27.8 Å². The van der Waals surface area contributed by atoms with Crippen LogP contribution in [0.25, 0.3) is 0 Å². The molecule has 0 aromatic rings. The maximum atomic E-state index is 13.5. The van der Waals surface area contributed by atoms with Crippen LogP contribution in [-0.2, 0) is 34.0 Å². The number of carbonyl (C=O) groups is 3. The maximum Gasteiger partial charge on any atom is 0.438 e. The van der Waals surface area contributed by atoms with Crippen LogP contribution in [-0.4, -0.2) is 60.5 Å². The number of fused-ring (bicyclic) bond motifs is 1. The Hall–Kier alpha value is -2.16. The summed E-state index contributed by atoms with van der Waals surface area (Å²) in [4.78, 5) is 37.1. The molecule has 3 aliphatic carbocycles. The molecule has 3 fully saturated rings. The van der Waals surface area contributed by atoms with Gasteiger partial charge in [0.15, 0.2) is 0 Å². The minimum absolute atomic E-state index is 0.0122. The summed E-state index contributed by atoms with van der Waals surface area (Å²) >= 11 is 0. The van der Waals surface area contributed by atoms with E-state index in [9.17, 15) is 49.1 Å². The zero-order chi connectivity index (χ0) is 25.3. The lowest BCUT2D eigenvalue weighted by molar-refractivity contribution is -0.362. The molecule has 3 rings (SSSR count). The zero-order valence-corrected chi connectivity index (χ0v) is 17.6. The SMILES string of the molecule is C=C(C)C(=O)OC1C2CC(=O)C3C2CC1C3C(=O)OC(CS(=O)(=O)O)(C(F)(F)F)C(F)(F)F. The van der Waals surface area contributed by atoms with Gasteiger partial charge in [0.1, 0.15) is 17.6 Å². The van der Waals surface area contributed by atoms with Crippen molar-refractivity contribution in [3.63, 3.8) is 0 Å². The molecule has 1 N–H and O–H groups in total. The van der Waals surface area contributed by atoms with Crippen LogP contribution in [0.4, 0.5) is 26.3 Å². The van der Waals surface area contributed by atoms with Gasteiger partial charge in [-0.05, 0) is 19.3 Å². The Labute approximate surface area is 183 Å². The number of carbonyl (C=O) groups excluding carboxylic acids is 3. The number of esters is 2. The quantitative estimate of drug-likeness (QED) is 0.251. The second kappa shape index (κ2) is 7.68. The van der Waals surface area contributed by atoms with E-state index in [1.807, 2.05) is 0 Å². The van der Waals surface area contributed by atoms with Gasteiger partial charge in [-0.15, -0.1) is 0 Å². The van der Waals surface area contributed by atoms with Crippen LogP contribution in [0.2, 0.25) is 0 Å². The van der Waals surface area contributed by atoms with E-state index in [0.29, 0.717) is 0 Å². The van der Waals surface area contributed by atoms with Crippen molar-refractivity contribution < 1.29 is 63.2 Å². The molecule has 3 aliphatic rings. The fourth-order valence-electron chi connectivity index (χ4n) is 5.24. The van der Waals surface area contributed by atoms with Crippen LogP contribution in [0.3, 0.4) is 0 Å². The van der Waals surface area contributed by atoms with Crippen molar-refractivity contribution in [1.29, 1.82) is 0 Å². The first-order valence-electron chi connectivity index (χ1n) is 9.51. The van der Waals surface area contributed by atoms with Gasteiger partial charge in [0, 0.05) is 29.7 Å². The molecule has 0 aromatic carbocycles. The normalized spacial score (nSPS) is 31.6. The van der Waals surface area contributed by atoms with Crippen LogP contribution < -0.4 is 0 Å². The molecule has 0 amide bonds. The Balaban J connectivity index is 1.99. The summed E-state index contributed by atoms with van der Waals surface area (Å²) in [7, 11) is -5.95. The number of ether oxygens (including phenoxy) is 2. The molecule has 6 atom stereocenters. The number of ketones is 1. The van der Waals surface area contributed by atoms with Crippen molar-refractivity contribution in [3.05, 3.63) is 12.2 Å². The first-order valence-corrected chi connectivity index (χ1v) is 11.1. The number of halogens is 6. The molecule has 186 valence electrons. The molecule has 0 aromatic heterocycles. The smallest absolute Gasteiger partial charge is 0.438 e. The topological polar surface area (TPSA) is 124 Å². The minimum atomic E-state index is -6.48. The summed E-state index contributed by atoms with van der Waals surface area (Å²) in [5, 5.41) is 0. The molecule has 0 heterocycles. The zero-order valence-electron chi connectivity index (χ0n) is 16.8. The van der Waals surface area contributed by atoms with E-state index >= 15 is 0 Å². The van der Waals surface area contributed by atoms with Gasteiger partial charge in [-0.3, -0.25) is 14.1 Å². The molecule has 2 bridgehead atoms. The fourth-order valence-corrected chi connectivity index (χ4v) is 6.14. The predicted octanol–water partition coefficient (Wildman–Crippen LogP) is 2.24. The highest BCUT2D eigenvalue weighted by molar-refractivity contribution is 7.85. The van der Waals surface area contributed by atoms with E-state index in [2.05, 4.69) is 11.3 Å². The van der Waals surface area contributed by atoms with E-state index in [-0.39, 0.29) is 18.4 Å². The Bertz CT molecular complexity index is 986. The van der Waals surface area contributed by atoms with Gasteiger partial charge in [-0.1, -0.05) is 6.58 Å². The van der Waals surface area contributed by atoms with Crippen LogP contribution in [0.15, 0.2) is 12.2 Å². The monoisotopic (exact) mass is 508 g/mol. The summed E-state index contributed by atoms with van der Waals surface area (Å²) in [6.45, 7) is 4.65. The predicted molar refractivity (Wildman–Crippen MR) is 93.7 cm³/mol. The van der Waals surface area contributed by atoms with E-state index in [1.54, 1.807) is 0 Å². The average molecular weight is 508 g/mol. The van der Waals surface area contributed by atoms with Crippen LogP contribution >= 0.6 is 0 Å². The summed E-state index contributed by atoms with van der Waals surface area (Å²) in [5.41, 5.74) is -5.63. The third kappa shape index (κ3) is 4.13. The highest BCUT2D eigenvalue weighted by Crippen LogP contribution is 2.63. The first kappa shape index (κ1) is 25.5. The van der Waals surface area contributed by atoms with Crippen molar-refractivity contribution in [1.82, 2.24) is 0 Å². The van der Waals surface area contributed by atoms with E-state index in [0.717, 1.165) is 0 Å². The molecule has 0 saturated heterocycles. The van der Waals surface area contributed by atoms with Gasteiger partial charge in [-0.2, -0.15) is 34.8 Å². The standard InChI is InChI=1S/C18H18F6O8S/c1-6(2)14(26)31-13-8-4-10(25)11-7(8)3-9(13)12(11)15(27)32-16(17(19,20)21,18(22,23)24)5-33(28,29)30/h7-9,11-13H,1,3-5H2,2H3,(H,28,29,30). The van der Waals surface area contributed by atoms with Gasteiger partial charge in [0.2, 0.25) is 0 Å². The van der Waals surface area contributed by atoms with E-state index in [4.69, 9.17) is 9.29 Å². The van der Waals surface area contributed by atoms with Crippen LogP contribution in [0, 0.1) is 29.6 Å². The minimum Gasteiger partial charge on any atom is -0.458 e. The maximum absolute atomic E-state index is 13.5. The summed E-state index contributed by atoms with van der Waals surface area (Å²) in [6.07, 6.45) is -14.3. The number of Topliss-reactive ketones (excluding diaryl/α,β-unsaturated/α-hetero) is 1. The van der Waals surface area contributed by atoms with Gasteiger partial charge in [0.05, 0.1) is 5.92 Å². The third-order valence-electron chi connectivity index (χ3n) is 6.50. The third-order valence-corrected chi connectivity index (χ3v) is 7.27. The number of hydrogen-bond acceptors (Lipinski definition) is 7. The molecule has 0 aliphatic heterocycles. The molecule has 33 heavy (non-hydrogen) atoms. The molecule has 15 heteroatoms. The summed E-state index contributed by atoms with van der Waals surface area (Å²) in [5.74, 6) is -12.0. The Morgan fingerprint density at radius 3 is 2.09 bits per heavy atom. The Kier molecular flexibility index (Phi) is 5.93. The second-order valence-electron chi connectivity index (χ2n) is 8.57. The van der Waals surface area contributed by atoms with Crippen LogP contribution in [0.1, 0.15) is 19.8 Å². The Morgan fingerprint density at radius 2 is 1.64 bits per heavy atom. The summed E-state index contributed by atoms with van der Waals surface area (Å²) < 4.78 is 121. The lowest BCUT2D eigenvalue weighted by Gasteiger charge is -2.38. The largest absolute Gasteiger partial charge is 0.458 e. The highest BCUT2D eigenvalue weighted by Gasteiger charge is 2.77. The molecule has 8 nitrogen and oxygen atoms in total. The second-order valence-corrected chi connectivity index (χ2v) is 10.0. The number of hydrogen-bond donors (Lipinski definition) is 1. The van der Waals surface area contributed by atoms with Crippen molar-refractivity contribution in [2.45, 2.75) is 43.8 Å². The number of alkyl halides is 6. The fraction of sp³-hybridized carbons (Fsp3) is 0.722. The van der Waals surface area contributed by atoms with Gasteiger partial charge >= 0.3 is 29.9 Å². The van der Waals surface area contributed by atoms with E-state index < -0.39 is 87.2 Å². The van der Waals surface area contributed by atoms with Crippen molar-refractivity contribution in [2.24, 2.45) is 29.6 Å². The average Bonchev–Trinajstić information content (AvgIpc) is 3.21. The van der Waals surface area contributed by atoms with Gasteiger partial charge in [0.25, 0.3) is 10.1 Å². The number of rotatable bonds is 6. The molecular formula is C18H18F6O8S. The molecule has 0 radical (unpaired) electrons. The molecule has 6 unspecified atom stereocenters. The molecule has 0 spiro atoms.